The number of carbonyl (C=O) groups excluding carboxylic acids is 2. The molecule has 0 saturated heterocycles. The highest BCUT2D eigenvalue weighted by Crippen LogP contribution is 2.40. The quantitative estimate of drug-likeness (QED) is 0.468. The summed E-state index contributed by atoms with van der Waals surface area (Å²) in [5.41, 5.74) is 1.89. The average Bonchev–Trinajstić information content (AvgIpc) is 3.29. The summed E-state index contributed by atoms with van der Waals surface area (Å²) < 4.78 is 92.0. The molecule has 0 spiro atoms. The van der Waals surface area contributed by atoms with Crippen molar-refractivity contribution < 1.29 is 40.3 Å². The minimum Gasteiger partial charge on any atom is -0.365 e. The van der Waals surface area contributed by atoms with Crippen LogP contribution in [0.1, 0.15) is 58.1 Å². The van der Waals surface area contributed by atoms with Gasteiger partial charge in [-0.2, -0.15) is 18.3 Å². The summed E-state index contributed by atoms with van der Waals surface area (Å²) in [4.78, 5) is 27.5. The van der Waals surface area contributed by atoms with Gasteiger partial charge in [-0.05, 0) is 31.5 Å². The first-order valence-electron chi connectivity index (χ1n) is 9.00. The molecule has 0 aliphatic carbocycles. The molecule has 33 heavy (non-hydrogen) atoms. The molecule has 3 heterocycles. The molecular formula is C18H14F7N5O2S. The summed E-state index contributed by atoms with van der Waals surface area (Å²) in [5.74, 6) is -2.14. The zero-order chi connectivity index (χ0) is 24.8. The molecule has 2 amide bonds. The van der Waals surface area contributed by atoms with E-state index in [1.165, 1.54) is 6.92 Å². The number of nitrogens with two attached hydrogens (primary N) is 1. The van der Waals surface area contributed by atoms with E-state index in [1.807, 2.05) is 0 Å². The van der Waals surface area contributed by atoms with Gasteiger partial charge >= 0.3 is 6.18 Å². The number of carbonyl (C=O) groups is 2. The van der Waals surface area contributed by atoms with E-state index in [-0.39, 0.29) is 26.3 Å². The van der Waals surface area contributed by atoms with Gasteiger partial charge in [-0.3, -0.25) is 14.3 Å². The third-order valence-corrected chi connectivity index (χ3v) is 5.70. The van der Waals surface area contributed by atoms with Gasteiger partial charge in [0, 0.05) is 5.39 Å². The predicted octanol–water partition coefficient (Wildman–Crippen LogP) is 4.99. The monoisotopic (exact) mass is 497 g/mol. The first kappa shape index (κ1) is 24.4. The van der Waals surface area contributed by atoms with Crippen LogP contribution in [0.25, 0.3) is 10.2 Å². The van der Waals surface area contributed by atoms with Crippen LogP contribution in [0.15, 0.2) is 12.1 Å². The number of aryl methyl sites for hydroxylation is 1. The largest absolute Gasteiger partial charge is 0.433 e. The first-order valence-corrected chi connectivity index (χ1v) is 9.81. The minimum absolute atomic E-state index is 0.00590. The van der Waals surface area contributed by atoms with E-state index in [1.54, 1.807) is 0 Å². The van der Waals surface area contributed by atoms with Crippen LogP contribution >= 0.6 is 11.3 Å². The fourth-order valence-electron chi connectivity index (χ4n) is 3.07. The molecule has 3 rings (SSSR count). The van der Waals surface area contributed by atoms with Gasteiger partial charge in [-0.1, -0.05) is 0 Å². The second-order valence-corrected chi connectivity index (χ2v) is 7.88. The Morgan fingerprint density at radius 2 is 1.79 bits per heavy atom. The van der Waals surface area contributed by atoms with E-state index < -0.39 is 54.0 Å². The Morgan fingerprint density at radius 1 is 1.15 bits per heavy atom. The Morgan fingerprint density at radius 3 is 2.30 bits per heavy atom. The lowest BCUT2D eigenvalue weighted by Crippen LogP contribution is -2.27. The molecule has 0 radical (unpaired) electrons. The van der Waals surface area contributed by atoms with Gasteiger partial charge in [0.15, 0.2) is 0 Å². The Kier molecular flexibility index (Phi) is 6.37. The molecular weight excluding hydrogens is 483 g/mol. The van der Waals surface area contributed by atoms with Crippen molar-refractivity contribution >= 4 is 39.1 Å². The molecule has 3 aromatic heterocycles. The molecule has 3 N–H and O–H groups in total. The molecule has 0 aliphatic rings. The second kappa shape index (κ2) is 8.61. The smallest absolute Gasteiger partial charge is 0.365 e. The number of rotatable bonds is 6. The number of nitrogens with one attached hydrogen (secondary N) is 1. The fourth-order valence-corrected chi connectivity index (χ4v) is 4.13. The van der Waals surface area contributed by atoms with Crippen molar-refractivity contribution in [1.82, 2.24) is 14.8 Å². The van der Waals surface area contributed by atoms with Crippen LogP contribution in [0.5, 0.6) is 0 Å². The summed E-state index contributed by atoms with van der Waals surface area (Å²) in [5, 5.41) is 5.62. The molecule has 7 nitrogen and oxygen atoms in total. The summed E-state index contributed by atoms with van der Waals surface area (Å²) in [6.45, 7) is 2.38. The summed E-state index contributed by atoms with van der Waals surface area (Å²) >= 11 is 0.500. The van der Waals surface area contributed by atoms with Gasteiger partial charge < -0.3 is 11.1 Å². The summed E-state index contributed by atoms with van der Waals surface area (Å²) in [6, 6.07) is -0.392. The third kappa shape index (κ3) is 4.62. The van der Waals surface area contributed by atoms with Gasteiger partial charge in [0.1, 0.15) is 32.8 Å². The van der Waals surface area contributed by atoms with E-state index in [2.05, 4.69) is 15.4 Å². The van der Waals surface area contributed by atoms with E-state index in [0.29, 0.717) is 28.2 Å². The molecule has 0 aliphatic heterocycles. The van der Waals surface area contributed by atoms with Crippen LogP contribution < -0.4 is 11.1 Å². The maximum Gasteiger partial charge on any atom is 0.433 e. The van der Waals surface area contributed by atoms with Crippen molar-refractivity contribution in [2.75, 3.05) is 5.32 Å². The maximum atomic E-state index is 13.3. The van der Waals surface area contributed by atoms with Crippen molar-refractivity contribution in [3.05, 3.63) is 39.7 Å². The molecule has 0 fully saturated rings. The lowest BCUT2D eigenvalue weighted by molar-refractivity contribution is -0.141. The highest BCUT2D eigenvalue weighted by Gasteiger charge is 2.35. The van der Waals surface area contributed by atoms with E-state index in [9.17, 15) is 40.3 Å². The number of hydrogen-bond acceptors (Lipinski definition) is 5. The van der Waals surface area contributed by atoms with E-state index in [0.717, 1.165) is 6.92 Å². The topological polar surface area (TPSA) is 103 Å². The first-order chi connectivity index (χ1) is 15.2. The molecule has 15 heteroatoms. The SMILES string of the molecule is Cc1cc(C(F)(F)F)nc2sc(C(N)=O)c(NC(=O)C(C)n3nc(C(F)F)cc3C(F)F)c12. The summed E-state index contributed by atoms with van der Waals surface area (Å²) in [7, 11) is 0. The molecule has 3 aromatic rings. The van der Waals surface area contributed by atoms with Crippen LogP contribution in [0.2, 0.25) is 0 Å². The summed E-state index contributed by atoms with van der Waals surface area (Å²) in [6.07, 6.45) is -11.2. The maximum absolute atomic E-state index is 13.3. The number of primary amides is 1. The molecule has 0 bridgehead atoms. The normalized spacial score (nSPS) is 13.2. The van der Waals surface area contributed by atoms with E-state index in [4.69, 9.17) is 5.73 Å². The third-order valence-electron chi connectivity index (χ3n) is 4.60. The molecule has 1 unspecified atom stereocenters. The molecule has 178 valence electrons. The predicted molar refractivity (Wildman–Crippen MR) is 103 cm³/mol. The van der Waals surface area contributed by atoms with Crippen molar-refractivity contribution in [1.29, 1.82) is 0 Å². The number of thiophene rings is 1. The number of hydrogen-bond donors (Lipinski definition) is 2. The lowest BCUT2D eigenvalue weighted by Gasteiger charge is -2.16. The fraction of sp³-hybridized carbons (Fsp3) is 0.333. The highest BCUT2D eigenvalue weighted by atomic mass is 32.1. The highest BCUT2D eigenvalue weighted by molar-refractivity contribution is 7.21. The molecule has 0 aromatic carbocycles. The zero-order valence-corrected chi connectivity index (χ0v) is 17.5. The number of fused-ring (bicyclic) bond motifs is 1. The Hall–Kier alpha value is -3.23. The number of amides is 2. The van der Waals surface area contributed by atoms with E-state index >= 15 is 0 Å². The van der Waals surface area contributed by atoms with Crippen molar-refractivity contribution in [2.45, 2.75) is 38.9 Å². The van der Waals surface area contributed by atoms with Gasteiger partial charge in [0.05, 0.1) is 5.69 Å². The van der Waals surface area contributed by atoms with Crippen LogP contribution in [0, 0.1) is 6.92 Å². The zero-order valence-electron chi connectivity index (χ0n) is 16.7. The van der Waals surface area contributed by atoms with Crippen LogP contribution in [0.3, 0.4) is 0 Å². The van der Waals surface area contributed by atoms with Crippen molar-refractivity contribution in [3.63, 3.8) is 0 Å². The van der Waals surface area contributed by atoms with Crippen LogP contribution in [-0.2, 0) is 11.0 Å². The average molecular weight is 497 g/mol. The standard InChI is InChI=1S/C18H14F7N5O2S/c1-5-3-9(18(23,24)25)27-17-10(5)11(12(33-17)15(26)31)28-16(32)6(2)30-8(14(21)22)4-7(29-30)13(19)20/h3-4,6,13-14H,1-2H3,(H2,26,31)(H,28,32). The number of pyridine rings is 1. The van der Waals surface area contributed by atoms with Gasteiger partial charge in [0.2, 0.25) is 5.91 Å². The number of alkyl halides is 7. The number of aromatic nitrogens is 3. The van der Waals surface area contributed by atoms with Gasteiger partial charge in [-0.25, -0.2) is 22.5 Å². The second-order valence-electron chi connectivity index (χ2n) is 6.88. The number of nitrogens with zero attached hydrogens (tertiary/aromatic N) is 3. The van der Waals surface area contributed by atoms with Crippen LogP contribution in [0.4, 0.5) is 36.4 Å². The Balaban J connectivity index is 2.07. The Bertz CT molecular complexity index is 1240. The van der Waals surface area contributed by atoms with Gasteiger partial charge in [0.25, 0.3) is 18.8 Å². The lowest BCUT2D eigenvalue weighted by atomic mass is 10.1. The Labute approximate surface area is 184 Å². The number of halogens is 7. The van der Waals surface area contributed by atoms with Gasteiger partial charge in [-0.15, -0.1) is 11.3 Å². The number of anilines is 1. The molecule has 0 saturated carbocycles. The van der Waals surface area contributed by atoms with Crippen LogP contribution in [-0.4, -0.2) is 26.6 Å². The van der Waals surface area contributed by atoms with Crippen molar-refractivity contribution in [2.24, 2.45) is 5.73 Å². The van der Waals surface area contributed by atoms with Crippen molar-refractivity contribution in [3.8, 4) is 0 Å². The minimum atomic E-state index is -4.78. The molecule has 1 atom stereocenters.